The Balaban J connectivity index is 1.22. The number of aromatic nitrogens is 1. The summed E-state index contributed by atoms with van der Waals surface area (Å²) >= 11 is 0. The van der Waals surface area contributed by atoms with Gasteiger partial charge in [-0.25, -0.2) is 0 Å². The van der Waals surface area contributed by atoms with Crippen LogP contribution in [0.3, 0.4) is 0 Å². The second-order valence-corrected chi connectivity index (χ2v) is 8.83. The number of hydrogen-bond donors (Lipinski definition) is 0. The van der Waals surface area contributed by atoms with Crippen LogP contribution >= 0.6 is 0 Å². The molecule has 32 heavy (non-hydrogen) atoms. The Bertz CT molecular complexity index is 1050. The van der Waals surface area contributed by atoms with Gasteiger partial charge in [0.15, 0.2) is 11.5 Å². The molecule has 5 heteroatoms. The fourth-order valence-electron chi connectivity index (χ4n) is 5.10. The van der Waals surface area contributed by atoms with E-state index in [1.807, 2.05) is 6.07 Å². The molecule has 0 N–H and O–H groups in total. The highest BCUT2D eigenvalue weighted by atomic mass is 16.5. The van der Waals surface area contributed by atoms with E-state index in [0.717, 1.165) is 62.7 Å². The van der Waals surface area contributed by atoms with E-state index in [9.17, 15) is 0 Å². The van der Waals surface area contributed by atoms with Crippen LogP contribution in [-0.2, 0) is 13.0 Å². The largest absolute Gasteiger partial charge is 0.493 e. The van der Waals surface area contributed by atoms with Gasteiger partial charge in [0.25, 0.3) is 0 Å². The number of likely N-dealkylation sites (tertiary alicyclic amines) is 1. The maximum Gasteiger partial charge on any atom is 0.160 e. The summed E-state index contributed by atoms with van der Waals surface area (Å²) in [5.41, 5.74) is 3.86. The number of benzene rings is 2. The molecule has 3 aromatic rings. The molecule has 1 saturated heterocycles. The average molecular weight is 433 g/mol. The molecule has 5 rings (SSSR count). The number of fused-ring (bicyclic) bond motifs is 2. The van der Waals surface area contributed by atoms with E-state index in [-0.39, 0.29) is 6.10 Å². The first-order valence-corrected chi connectivity index (χ1v) is 11.6. The van der Waals surface area contributed by atoms with E-state index in [1.54, 1.807) is 14.2 Å². The predicted octanol–water partition coefficient (Wildman–Crippen LogP) is 4.94. The molecule has 168 valence electrons. The van der Waals surface area contributed by atoms with Crippen LogP contribution in [0.4, 0.5) is 0 Å². The molecule has 0 spiro atoms. The van der Waals surface area contributed by atoms with E-state index < -0.39 is 0 Å². The first kappa shape index (κ1) is 21.0. The van der Waals surface area contributed by atoms with Crippen LogP contribution in [0.2, 0.25) is 0 Å². The van der Waals surface area contributed by atoms with Crippen molar-refractivity contribution < 1.29 is 14.2 Å². The van der Waals surface area contributed by atoms with Crippen molar-refractivity contribution in [2.24, 2.45) is 5.92 Å². The van der Waals surface area contributed by atoms with Crippen LogP contribution in [0.15, 0.2) is 60.8 Å². The molecular weight excluding hydrogens is 400 g/mol. The normalized spacial score (nSPS) is 18.9. The van der Waals surface area contributed by atoms with Gasteiger partial charge in [0, 0.05) is 24.2 Å². The Labute approximate surface area is 190 Å². The number of ether oxygens (including phenoxy) is 3. The smallest absolute Gasteiger partial charge is 0.160 e. The summed E-state index contributed by atoms with van der Waals surface area (Å²) < 4.78 is 19.8. The number of nitrogens with zero attached hydrogens (tertiary/aromatic N) is 2. The molecule has 2 aliphatic heterocycles. The first-order chi connectivity index (χ1) is 15.7. The Hall–Kier alpha value is -2.92. The number of para-hydroxylation sites is 1. The van der Waals surface area contributed by atoms with Crippen molar-refractivity contribution in [3.8, 4) is 17.2 Å². The monoisotopic (exact) mass is 432 g/mol. The van der Waals surface area contributed by atoms with E-state index in [1.165, 1.54) is 16.8 Å². The van der Waals surface area contributed by atoms with Gasteiger partial charge in [-0.2, -0.15) is 0 Å². The topological polar surface area (TPSA) is 35.9 Å². The number of methoxy groups -OCH3 is 2. The van der Waals surface area contributed by atoms with E-state index in [2.05, 4.69) is 64.2 Å². The molecule has 2 aromatic carbocycles. The van der Waals surface area contributed by atoms with Crippen LogP contribution < -0.4 is 14.2 Å². The van der Waals surface area contributed by atoms with Gasteiger partial charge in [-0.3, -0.25) is 0 Å². The highest BCUT2D eigenvalue weighted by Crippen LogP contribution is 2.39. The first-order valence-electron chi connectivity index (χ1n) is 11.6. The Morgan fingerprint density at radius 3 is 2.56 bits per heavy atom. The number of piperidine rings is 1. The molecule has 1 aromatic heterocycles. The highest BCUT2D eigenvalue weighted by molar-refractivity contribution is 5.43. The highest BCUT2D eigenvalue weighted by Gasteiger charge is 2.33. The summed E-state index contributed by atoms with van der Waals surface area (Å²) in [7, 11) is 3.37. The second kappa shape index (κ2) is 9.29. The summed E-state index contributed by atoms with van der Waals surface area (Å²) in [5, 5.41) is 0. The van der Waals surface area contributed by atoms with Gasteiger partial charge in [0.1, 0.15) is 11.9 Å². The van der Waals surface area contributed by atoms with Gasteiger partial charge in [0.2, 0.25) is 0 Å². The molecule has 0 bridgehead atoms. The zero-order valence-electron chi connectivity index (χ0n) is 19.0. The second-order valence-electron chi connectivity index (χ2n) is 8.83. The Morgan fingerprint density at radius 2 is 1.75 bits per heavy atom. The van der Waals surface area contributed by atoms with Crippen LogP contribution in [0, 0.1) is 5.92 Å². The lowest BCUT2D eigenvalue weighted by Crippen LogP contribution is -2.38. The lowest BCUT2D eigenvalue weighted by molar-refractivity contribution is 0.0745. The molecule has 1 unspecified atom stereocenters. The van der Waals surface area contributed by atoms with Gasteiger partial charge >= 0.3 is 0 Å². The van der Waals surface area contributed by atoms with Crippen molar-refractivity contribution in [1.82, 2.24) is 9.47 Å². The summed E-state index contributed by atoms with van der Waals surface area (Å²) in [4.78, 5) is 2.58. The SMILES string of the molecule is COc1ccc(CCN2CCC(C3Oc4ccccc4Cn4cccc43)CC2)cc1OC. The lowest BCUT2D eigenvalue weighted by atomic mass is 9.89. The Kier molecular flexibility index (Phi) is 6.08. The third-order valence-electron chi connectivity index (χ3n) is 6.95. The molecule has 0 amide bonds. The van der Waals surface area contributed by atoms with Gasteiger partial charge in [-0.05, 0) is 68.2 Å². The van der Waals surface area contributed by atoms with Gasteiger partial charge < -0.3 is 23.7 Å². The molecule has 3 heterocycles. The Morgan fingerprint density at radius 1 is 0.938 bits per heavy atom. The third-order valence-corrected chi connectivity index (χ3v) is 6.95. The molecule has 0 saturated carbocycles. The lowest BCUT2D eigenvalue weighted by Gasteiger charge is -2.36. The molecule has 5 nitrogen and oxygen atoms in total. The number of rotatable bonds is 6. The maximum atomic E-state index is 6.63. The minimum Gasteiger partial charge on any atom is -0.493 e. The zero-order valence-corrected chi connectivity index (χ0v) is 19.0. The molecule has 1 fully saturated rings. The van der Waals surface area contributed by atoms with Gasteiger partial charge in [0.05, 0.1) is 26.5 Å². The van der Waals surface area contributed by atoms with Gasteiger partial charge in [-0.15, -0.1) is 0 Å². The van der Waals surface area contributed by atoms with Crippen LogP contribution in [-0.4, -0.2) is 43.3 Å². The maximum absolute atomic E-state index is 6.63. The van der Waals surface area contributed by atoms with E-state index in [0.29, 0.717) is 5.92 Å². The van der Waals surface area contributed by atoms with Crippen LogP contribution in [0.25, 0.3) is 0 Å². The van der Waals surface area contributed by atoms with E-state index in [4.69, 9.17) is 14.2 Å². The van der Waals surface area contributed by atoms with Crippen LogP contribution in [0.1, 0.15) is 35.8 Å². The van der Waals surface area contributed by atoms with Crippen molar-refractivity contribution >= 4 is 0 Å². The molecular formula is C27H32N2O3. The minimum atomic E-state index is 0.127. The van der Waals surface area contributed by atoms with Crippen molar-refractivity contribution in [3.05, 3.63) is 77.6 Å². The van der Waals surface area contributed by atoms with Crippen molar-refractivity contribution in [3.63, 3.8) is 0 Å². The summed E-state index contributed by atoms with van der Waals surface area (Å²) in [6.45, 7) is 4.17. The predicted molar refractivity (Wildman–Crippen MR) is 126 cm³/mol. The third kappa shape index (κ3) is 4.22. The van der Waals surface area contributed by atoms with Gasteiger partial charge in [-0.1, -0.05) is 24.3 Å². The summed E-state index contributed by atoms with van der Waals surface area (Å²) in [5.74, 6) is 3.16. The zero-order chi connectivity index (χ0) is 21.9. The molecule has 0 aliphatic carbocycles. The summed E-state index contributed by atoms with van der Waals surface area (Å²) in [6, 6.07) is 19.1. The number of hydrogen-bond acceptors (Lipinski definition) is 4. The fourth-order valence-corrected chi connectivity index (χ4v) is 5.10. The standard InChI is InChI=1S/C27H32N2O3/c1-30-25-10-9-20(18-26(25)31-2)11-15-28-16-12-21(13-17-28)27-23-7-5-14-29(23)19-22-6-3-4-8-24(22)32-27/h3-10,14,18,21,27H,11-13,15-17,19H2,1-2H3. The molecule has 1 atom stereocenters. The van der Waals surface area contributed by atoms with E-state index >= 15 is 0 Å². The molecule has 2 aliphatic rings. The van der Waals surface area contributed by atoms with Crippen molar-refractivity contribution in [2.45, 2.75) is 31.9 Å². The summed E-state index contributed by atoms with van der Waals surface area (Å²) in [6.07, 6.45) is 5.64. The minimum absolute atomic E-state index is 0.127. The fraction of sp³-hybridized carbons (Fsp3) is 0.407. The van der Waals surface area contributed by atoms with Crippen molar-refractivity contribution in [2.75, 3.05) is 33.9 Å². The quantitative estimate of drug-likeness (QED) is 0.553. The van der Waals surface area contributed by atoms with Crippen LogP contribution in [0.5, 0.6) is 17.2 Å². The van der Waals surface area contributed by atoms with Crippen molar-refractivity contribution in [1.29, 1.82) is 0 Å². The average Bonchev–Trinajstić information content (AvgIpc) is 3.23. The molecule has 0 radical (unpaired) electrons.